The summed E-state index contributed by atoms with van der Waals surface area (Å²) in [6.45, 7) is 0. The zero-order valence-electron chi connectivity index (χ0n) is 7.88. The highest BCUT2D eigenvalue weighted by Crippen LogP contribution is 2.20. The Morgan fingerprint density at radius 2 is 2.33 bits per heavy atom. The zero-order chi connectivity index (χ0) is 11.4. The Kier molecular flexibility index (Phi) is 3.64. The van der Waals surface area contributed by atoms with Crippen molar-refractivity contribution in [1.82, 2.24) is 0 Å². The molecule has 0 N–H and O–H groups in total. The lowest BCUT2D eigenvalue weighted by atomic mass is 10.0. The van der Waals surface area contributed by atoms with Gasteiger partial charge in [-0.3, -0.25) is 0 Å². The number of rotatable bonds is 2. The van der Waals surface area contributed by atoms with E-state index in [1.54, 1.807) is 6.07 Å². The van der Waals surface area contributed by atoms with Crippen LogP contribution in [0.4, 0.5) is 4.39 Å². The van der Waals surface area contributed by atoms with Gasteiger partial charge in [0.2, 0.25) is 0 Å². The van der Waals surface area contributed by atoms with Gasteiger partial charge in [-0.15, -0.1) is 11.6 Å². The van der Waals surface area contributed by atoms with Crippen molar-refractivity contribution in [2.75, 3.05) is 7.11 Å². The van der Waals surface area contributed by atoms with Crippen molar-refractivity contribution in [3.63, 3.8) is 0 Å². The Balaban J connectivity index is 3.37. The smallest absolute Gasteiger partial charge is 0.340 e. The van der Waals surface area contributed by atoms with Crippen LogP contribution in [0.5, 0.6) is 0 Å². The van der Waals surface area contributed by atoms with Gasteiger partial charge < -0.3 is 4.74 Å². The van der Waals surface area contributed by atoms with E-state index in [4.69, 9.17) is 16.9 Å². The molecule has 0 heterocycles. The van der Waals surface area contributed by atoms with E-state index in [0.717, 1.165) is 7.11 Å². The number of hydrogen-bond donors (Lipinski definition) is 0. The van der Waals surface area contributed by atoms with Crippen LogP contribution in [-0.4, -0.2) is 13.1 Å². The first kappa shape index (κ1) is 11.5. The highest BCUT2D eigenvalue weighted by Gasteiger charge is 2.17. The number of methoxy groups -OCH3 is 1. The van der Waals surface area contributed by atoms with Gasteiger partial charge >= 0.3 is 5.97 Å². The predicted octanol–water partition coefficient (Wildman–Crippen LogP) is 2.22. The van der Waals surface area contributed by atoms with Crippen LogP contribution in [0.3, 0.4) is 0 Å². The van der Waals surface area contributed by atoms with Gasteiger partial charge in [-0.25, -0.2) is 9.18 Å². The number of nitriles is 1. The largest absolute Gasteiger partial charge is 0.465 e. The van der Waals surface area contributed by atoms with Gasteiger partial charge in [0.1, 0.15) is 5.82 Å². The molecule has 3 nitrogen and oxygen atoms in total. The molecular formula is C10H7ClFNO2. The average molecular weight is 228 g/mol. The molecule has 0 saturated heterocycles. The molecule has 0 aliphatic carbocycles. The molecule has 5 heteroatoms. The minimum absolute atomic E-state index is 0.0158. The number of halogens is 2. The predicted molar refractivity (Wildman–Crippen MR) is 52.0 cm³/mol. The number of benzene rings is 1. The molecule has 0 unspecified atom stereocenters. The van der Waals surface area contributed by atoms with E-state index in [0.29, 0.717) is 0 Å². The van der Waals surface area contributed by atoms with Crippen LogP contribution in [0, 0.1) is 17.1 Å². The fourth-order valence-corrected chi connectivity index (χ4v) is 1.39. The second-order valence-electron chi connectivity index (χ2n) is 2.69. The Hall–Kier alpha value is -1.60. The molecule has 0 spiro atoms. The molecular weight excluding hydrogens is 221 g/mol. The van der Waals surface area contributed by atoms with Crippen molar-refractivity contribution in [2.24, 2.45) is 0 Å². The number of ether oxygens (including phenoxy) is 1. The molecule has 78 valence electrons. The van der Waals surface area contributed by atoms with E-state index in [9.17, 15) is 9.18 Å². The van der Waals surface area contributed by atoms with Crippen LogP contribution in [0.2, 0.25) is 0 Å². The minimum Gasteiger partial charge on any atom is -0.465 e. The van der Waals surface area contributed by atoms with E-state index >= 15 is 0 Å². The van der Waals surface area contributed by atoms with Crippen molar-refractivity contribution < 1.29 is 13.9 Å². The molecule has 0 bridgehead atoms. The Bertz CT molecular complexity index is 440. The fraction of sp³-hybridized carbons (Fsp3) is 0.200. The highest BCUT2D eigenvalue weighted by atomic mass is 35.5. The SMILES string of the molecule is COC(=O)c1ccc(C#N)c(CCl)c1F. The molecule has 0 aliphatic heterocycles. The van der Waals surface area contributed by atoms with E-state index in [-0.39, 0.29) is 22.6 Å². The highest BCUT2D eigenvalue weighted by molar-refractivity contribution is 6.17. The van der Waals surface area contributed by atoms with Gasteiger partial charge in [0.25, 0.3) is 0 Å². The third-order valence-electron chi connectivity index (χ3n) is 1.90. The summed E-state index contributed by atoms with van der Waals surface area (Å²) in [6, 6.07) is 4.34. The quantitative estimate of drug-likeness (QED) is 0.575. The fourth-order valence-electron chi connectivity index (χ4n) is 1.12. The van der Waals surface area contributed by atoms with Crippen LogP contribution in [0.25, 0.3) is 0 Å². The molecule has 0 saturated carbocycles. The number of alkyl halides is 1. The topological polar surface area (TPSA) is 50.1 Å². The maximum absolute atomic E-state index is 13.6. The van der Waals surface area contributed by atoms with Crippen LogP contribution in [0.15, 0.2) is 12.1 Å². The second kappa shape index (κ2) is 4.76. The lowest BCUT2D eigenvalue weighted by molar-refractivity contribution is 0.0595. The summed E-state index contributed by atoms with van der Waals surface area (Å²) in [7, 11) is 1.15. The van der Waals surface area contributed by atoms with E-state index < -0.39 is 11.8 Å². The third kappa shape index (κ3) is 2.08. The van der Waals surface area contributed by atoms with Gasteiger partial charge in [-0.2, -0.15) is 5.26 Å². The zero-order valence-corrected chi connectivity index (χ0v) is 8.64. The summed E-state index contributed by atoms with van der Waals surface area (Å²) in [6.07, 6.45) is 0. The number of nitrogens with zero attached hydrogens (tertiary/aromatic N) is 1. The molecule has 0 amide bonds. The first-order valence-electron chi connectivity index (χ1n) is 4.01. The summed E-state index contributed by atoms with van der Waals surface area (Å²) >= 11 is 5.49. The average Bonchev–Trinajstić information content (AvgIpc) is 2.27. The van der Waals surface area contributed by atoms with Gasteiger partial charge in [-0.05, 0) is 12.1 Å². The summed E-state index contributed by atoms with van der Waals surface area (Å²) in [5, 5.41) is 8.67. The van der Waals surface area contributed by atoms with E-state index in [1.165, 1.54) is 12.1 Å². The summed E-state index contributed by atoms with van der Waals surface area (Å²) in [5.41, 5.74) is -0.0793. The van der Waals surface area contributed by atoms with Gasteiger partial charge in [-0.1, -0.05) is 0 Å². The molecule has 1 aromatic rings. The molecule has 0 aromatic heterocycles. The Labute approximate surface area is 91.0 Å². The van der Waals surface area contributed by atoms with Gasteiger partial charge in [0, 0.05) is 5.56 Å². The maximum Gasteiger partial charge on any atom is 0.340 e. The third-order valence-corrected chi connectivity index (χ3v) is 2.17. The van der Waals surface area contributed by atoms with Crippen molar-refractivity contribution >= 4 is 17.6 Å². The van der Waals surface area contributed by atoms with Gasteiger partial charge in [0.05, 0.1) is 30.2 Å². The van der Waals surface area contributed by atoms with Crippen molar-refractivity contribution in [2.45, 2.75) is 5.88 Å². The summed E-state index contributed by atoms with van der Waals surface area (Å²) in [5.74, 6) is -1.75. The number of carbonyl (C=O) groups excluding carboxylic acids is 1. The van der Waals surface area contributed by atoms with Crippen LogP contribution in [0.1, 0.15) is 21.5 Å². The Morgan fingerprint density at radius 1 is 1.67 bits per heavy atom. The molecule has 0 aliphatic rings. The molecule has 0 atom stereocenters. The standard InChI is InChI=1S/C10H7ClFNO2/c1-15-10(14)7-3-2-6(5-13)8(4-11)9(7)12/h2-3H,4H2,1H3. The Morgan fingerprint density at radius 3 is 2.80 bits per heavy atom. The normalized spacial score (nSPS) is 9.47. The first-order chi connectivity index (χ1) is 7.15. The van der Waals surface area contributed by atoms with Crippen molar-refractivity contribution in [3.05, 3.63) is 34.6 Å². The molecule has 15 heavy (non-hydrogen) atoms. The van der Waals surface area contributed by atoms with Crippen molar-refractivity contribution in [1.29, 1.82) is 5.26 Å². The molecule has 1 aromatic carbocycles. The van der Waals surface area contributed by atoms with E-state index in [1.807, 2.05) is 0 Å². The maximum atomic E-state index is 13.6. The van der Waals surface area contributed by atoms with Gasteiger partial charge in [0.15, 0.2) is 0 Å². The minimum atomic E-state index is -0.795. The number of esters is 1. The van der Waals surface area contributed by atoms with Crippen LogP contribution >= 0.6 is 11.6 Å². The van der Waals surface area contributed by atoms with Crippen molar-refractivity contribution in [3.8, 4) is 6.07 Å². The summed E-state index contributed by atoms with van der Waals surface area (Å²) < 4.78 is 18.0. The summed E-state index contributed by atoms with van der Waals surface area (Å²) in [4.78, 5) is 11.1. The lowest BCUT2D eigenvalue weighted by Gasteiger charge is -2.06. The number of hydrogen-bond acceptors (Lipinski definition) is 3. The first-order valence-corrected chi connectivity index (χ1v) is 4.55. The number of carbonyl (C=O) groups is 1. The monoisotopic (exact) mass is 227 g/mol. The second-order valence-corrected chi connectivity index (χ2v) is 2.96. The molecule has 0 radical (unpaired) electrons. The molecule has 1 rings (SSSR count). The molecule has 0 fully saturated rings. The van der Waals surface area contributed by atoms with Crippen LogP contribution in [-0.2, 0) is 10.6 Å². The lowest BCUT2D eigenvalue weighted by Crippen LogP contribution is -2.07. The van der Waals surface area contributed by atoms with Crippen LogP contribution < -0.4 is 0 Å². The van der Waals surface area contributed by atoms with E-state index in [2.05, 4.69) is 4.74 Å².